The van der Waals surface area contributed by atoms with Gasteiger partial charge in [-0.05, 0) is 30.7 Å². The predicted molar refractivity (Wildman–Crippen MR) is 96.1 cm³/mol. The van der Waals surface area contributed by atoms with Gasteiger partial charge in [-0.2, -0.15) is 5.10 Å². The van der Waals surface area contributed by atoms with Gasteiger partial charge in [0.05, 0.1) is 37.6 Å². The van der Waals surface area contributed by atoms with Crippen LogP contribution in [0.25, 0.3) is 5.82 Å². The van der Waals surface area contributed by atoms with E-state index in [0.29, 0.717) is 24.9 Å². The molecule has 3 aliphatic heterocycles. The lowest BCUT2D eigenvalue weighted by Crippen LogP contribution is -2.33. The fourth-order valence-corrected chi connectivity index (χ4v) is 4.98. The van der Waals surface area contributed by atoms with Crippen LogP contribution in [0.2, 0.25) is 0 Å². The average molecular weight is 366 g/mol. The molecule has 6 rings (SSSR count). The SMILES string of the molecule is O=C(C1[C@H]2COC[C@@H]12)N1Cc2c(N3CCCC3)ncnc2-n2nccc2C1. The molecule has 2 aromatic heterocycles. The normalized spacial score (nSPS) is 28.5. The maximum absolute atomic E-state index is 13.3. The third kappa shape index (κ3) is 2.32. The number of fused-ring (bicyclic) bond motifs is 4. The third-order valence-corrected chi connectivity index (χ3v) is 6.48. The Bertz CT molecular complexity index is 895. The van der Waals surface area contributed by atoms with Crippen LogP contribution in [0.15, 0.2) is 18.6 Å². The van der Waals surface area contributed by atoms with E-state index in [-0.39, 0.29) is 11.8 Å². The highest BCUT2D eigenvalue weighted by atomic mass is 16.5. The van der Waals surface area contributed by atoms with Gasteiger partial charge in [0, 0.05) is 25.2 Å². The Hall–Kier alpha value is -2.48. The maximum Gasteiger partial charge on any atom is 0.227 e. The molecular weight excluding hydrogens is 344 g/mol. The summed E-state index contributed by atoms with van der Waals surface area (Å²) in [6, 6.07) is 1.98. The number of anilines is 1. The second kappa shape index (κ2) is 5.76. The van der Waals surface area contributed by atoms with Crippen molar-refractivity contribution in [3.05, 3.63) is 29.8 Å². The van der Waals surface area contributed by atoms with Crippen LogP contribution in [0.4, 0.5) is 5.82 Å². The molecule has 8 nitrogen and oxygen atoms in total. The Balaban J connectivity index is 1.41. The van der Waals surface area contributed by atoms with E-state index in [1.54, 1.807) is 12.5 Å². The molecular formula is C19H22N6O2. The Labute approximate surface area is 157 Å². The summed E-state index contributed by atoms with van der Waals surface area (Å²) >= 11 is 0. The molecule has 1 amide bonds. The molecule has 1 unspecified atom stereocenters. The van der Waals surface area contributed by atoms with Gasteiger partial charge in [-0.25, -0.2) is 14.6 Å². The Morgan fingerprint density at radius 2 is 1.85 bits per heavy atom. The summed E-state index contributed by atoms with van der Waals surface area (Å²) in [6.07, 6.45) is 5.77. The van der Waals surface area contributed by atoms with Gasteiger partial charge in [0.25, 0.3) is 0 Å². The highest BCUT2D eigenvalue weighted by molar-refractivity contribution is 5.83. The van der Waals surface area contributed by atoms with Crippen LogP contribution in [0.1, 0.15) is 24.1 Å². The van der Waals surface area contributed by atoms with Gasteiger partial charge in [-0.15, -0.1) is 0 Å². The van der Waals surface area contributed by atoms with Crippen molar-refractivity contribution in [2.45, 2.75) is 25.9 Å². The van der Waals surface area contributed by atoms with Gasteiger partial charge in [0.15, 0.2) is 5.82 Å². The number of nitrogens with zero attached hydrogens (tertiary/aromatic N) is 6. The van der Waals surface area contributed by atoms with Gasteiger partial charge in [0.2, 0.25) is 5.91 Å². The van der Waals surface area contributed by atoms with E-state index < -0.39 is 0 Å². The summed E-state index contributed by atoms with van der Waals surface area (Å²) in [4.78, 5) is 26.7. The molecule has 8 heteroatoms. The molecule has 1 aliphatic carbocycles. The van der Waals surface area contributed by atoms with Crippen LogP contribution in [-0.4, -0.2) is 56.9 Å². The van der Waals surface area contributed by atoms with Crippen LogP contribution in [0.3, 0.4) is 0 Å². The molecule has 140 valence electrons. The molecule has 3 fully saturated rings. The summed E-state index contributed by atoms with van der Waals surface area (Å²) in [7, 11) is 0. The lowest BCUT2D eigenvalue weighted by Gasteiger charge is -2.25. The minimum atomic E-state index is 0.122. The molecule has 3 atom stereocenters. The van der Waals surface area contributed by atoms with Crippen molar-refractivity contribution >= 4 is 11.7 Å². The van der Waals surface area contributed by atoms with Gasteiger partial charge >= 0.3 is 0 Å². The van der Waals surface area contributed by atoms with Gasteiger partial charge in [-0.1, -0.05) is 0 Å². The Morgan fingerprint density at radius 1 is 1.07 bits per heavy atom. The third-order valence-electron chi connectivity index (χ3n) is 6.48. The van der Waals surface area contributed by atoms with Crippen LogP contribution in [-0.2, 0) is 22.6 Å². The molecule has 0 bridgehead atoms. The zero-order valence-electron chi connectivity index (χ0n) is 15.1. The summed E-state index contributed by atoms with van der Waals surface area (Å²) in [6.45, 7) is 4.57. The maximum atomic E-state index is 13.3. The van der Waals surface area contributed by atoms with Crippen molar-refractivity contribution in [1.82, 2.24) is 24.6 Å². The summed E-state index contributed by atoms with van der Waals surface area (Å²) in [5, 5.41) is 4.49. The second-order valence-corrected chi connectivity index (χ2v) is 8.01. The Kier molecular flexibility index (Phi) is 3.32. The second-order valence-electron chi connectivity index (χ2n) is 8.01. The van der Waals surface area contributed by atoms with Crippen LogP contribution < -0.4 is 4.90 Å². The number of rotatable bonds is 2. The lowest BCUT2D eigenvalue weighted by molar-refractivity contribution is -0.135. The highest BCUT2D eigenvalue weighted by Gasteiger charge is 2.59. The molecule has 5 heterocycles. The quantitative estimate of drug-likeness (QED) is 0.789. The van der Waals surface area contributed by atoms with Crippen molar-refractivity contribution in [2.24, 2.45) is 17.8 Å². The standard InChI is InChI=1S/C19H22N6O2/c26-19(16-14-9-27-10-15(14)16)24-7-12-3-4-22-25(12)18-13(8-24)17(20-11-21-18)23-5-1-2-6-23/h3-4,11,14-16H,1-2,5-10H2/t14-,15+,16?. The van der Waals surface area contributed by atoms with Crippen molar-refractivity contribution in [2.75, 3.05) is 31.2 Å². The smallest absolute Gasteiger partial charge is 0.227 e. The summed E-state index contributed by atoms with van der Waals surface area (Å²) in [5.41, 5.74) is 2.01. The minimum absolute atomic E-state index is 0.122. The van der Waals surface area contributed by atoms with E-state index in [0.717, 1.165) is 49.2 Å². The number of hydrogen-bond acceptors (Lipinski definition) is 6. The number of carbonyl (C=O) groups excluding carboxylic acids is 1. The molecule has 4 aliphatic rings. The molecule has 2 saturated heterocycles. The predicted octanol–water partition coefficient (Wildman–Crippen LogP) is 0.997. The van der Waals surface area contributed by atoms with Crippen molar-refractivity contribution < 1.29 is 9.53 Å². The molecule has 0 radical (unpaired) electrons. The van der Waals surface area contributed by atoms with Gasteiger partial charge in [-0.3, -0.25) is 4.79 Å². The number of amides is 1. The van der Waals surface area contributed by atoms with Crippen LogP contribution in [0, 0.1) is 17.8 Å². The Morgan fingerprint density at radius 3 is 2.67 bits per heavy atom. The fraction of sp³-hybridized carbons (Fsp3) is 0.579. The first-order valence-electron chi connectivity index (χ1n) is 9.80. The van der Waals surface area contributed by atoms with E-state index in [1.165, 1.54) is 12.8 Å². The van der Waals surface area contributed by atoms with E-state index in [9.17, 15) is 4.79 Å². The molecule has 0 N–H and O–H groups in total. The monoisotopic (exact) mass is 366 g/mol. The number of aromatic nitrogens is 4. The van der Waals surface area contributed by atoms with Crippen LogP contribution in [0.5, 0.6) is 0 Å². The number of ether oxygens (including phenoxy) is 1. The number of carbonyl (C=O) groups is 1. The lowest BCUT2D eigenvalue weighted by atomic mass is 10.2. The molecule has 2 aromatic rings. The first-order valence-corrected chi connectivity index (χ1v) is 9.80. The first-order chi connectivity index (χ1) is 13.3. The highest BCUT2D eigenvalue weighted by Crippen LogP contribution is 2.52. The van der Waals surface area contributed by atoms with Gasteiger partial charge < -0.3 is 14.5 Å². The van der Waals surface area contributed by atoms with Crippen molar-refractivity contribution in [3.63, 3.8) is 0 Å². The molecule has 1 saturated carbocycles. The molecule has 27 heavy (non-hydrogen) atoms. The van der Waals surface area contributed by atoms with E-state index in [4.69, 9.17) is 4.74 Å². The average Bonchev–Trinajstić information content (AvgIpc) is 3.19. The topological polar surface area (TPSA) is 76.4 Å². The van der Waals surface area contributed by atoms with Gasteiger partial charge in [0.1, 0.15) is 12.1 Å². The molecule has 0 aromatic carbocycles. The largest absolute Gasteiger partial charge is 0.381 e. The molecule has 0 spiro atoms. The van der Waals surface area contributed by atoms with E-state index in [2.05, 4.69) is 20.0 Å². The van der Waals surface area contributed by atoms with E-state index >= 15 is 0 Å². The first kappa shape index (κ1) is 15.6. The van der Waals surface area contributed by atoms with Crippen molar-refractivity contribution in [3.8, 4) is 5.82 Å². The summed E-state index contributed by atoms with van der Waals surface area (Å²) < 4.78 is 7.35. The van der Waals surface area contributed by atoms with Crippen LogP contribution >= 0.6 is 0 Å². The van der Waals surface area contributed by atoms with Crippen molar-refractivity contribution in [1.29, 1.82) is 0 Å². The zero-order valence-corrected chi connectivity index (χ0v) is 15.1. The summed E-state index contributed by atoms with van der Waals surface area (Å²) in [5.74, 6) is 2.95. The number of hydrogen-bond donors (Lipinski definition) is 0. The minimum Gasteiger partial charge on any atom is -0.381 e. The van der Waals surface area contributed by atoms with E-state index in [1.807, 2.05) is 15.6 Å². The fourth-order valence-electron chi connectivity index (χ4n) is 4.98. The zero-order chi connectivity index (χ0) is 18.0.